The molecule has 2 saturated heterocycles. The predicted molar refractivity (Wildman–Crippen MR) is 104 cm³/mol. The molecular formula is C17H26F3IO6S. The average molecular weight is 542 g/mol. The first kappa shape index (κ1) is 24.2. The first-order valence-electron chi connectivity index (χ1n) is 9.13. The van der Waals surface area contributed by atoms with Gasteiger partial charge in [-0.15, -0.1) is 0 Å². The molecule has 0 bridgehead atoms. The van der Waals surface area contributed by atoms with Crippen LogP contribution in [0.15, 0.2) is 12.3 Å². The van der Waals surface area contributed by atoms with E-state index in [0.29, 0.717) is 30.1 Å². The lowest BCUT2D eigenvalue weighted by Crippen LogP contribution is -2.50. The van der Waals surface area contributed by atoms with Crippen molar-refractivity contribution in [3.05, 3.63) is 12.3 Å². The van der Waals surface area contributed by atoms with Crippen LogP contribution in [0.5, 0.6) is 0 Å². The van der Waals surface area contributed by atoms with Crippen molar-refractivity contribution in [2.45, 2.75) is 74.9 Å². The second-order valence-corrected chi connectivity index (χ2v) is 9.72. The second kappa shape index (κ2) is 9.36. The Labute approximate surface area is 177 Å². The van der Waals surface area contributed by atoms with Gasteiger partial charge in [-0.1, -0.05) is 36.1 Å². The topological polar surface area (TPSA) is 82.1 Å². The Balaban J connectivity index is 1.96. The van der Waals surface area contributed by atoms with Gasteiger partial charge in [0.25, 0.3) is 0 Å². The number of fused-ring (bicyclic) bond motifs is 1. The zero-order valence-electron chi connectivity index (χ0n) is 15.6. The average Bonchev–Trinajstić information content (AvgIpc) is 2.96. The van der Waals surface area contributed by atoms with Gasteiger partial charge >= 0.3 is 15.6 Å². The van der Waals surface area contributed by atoms with Crippen molar-refractivity contribution in [2.24, 2.45) is 5.92 Å². The van der Waals surface area contributed by atoms with Gasteiger partial charge in [-0.25, -0.2) is 0 Å². The van der Waals surface area contributed by atoms with Gasteiger partial charge in [-0.05, 0) is 32.1 Å². The molecule has 164 valence electrons. The third-order valence-corrected chi connectivity index (χ3v) is 7.54. The number of aliphatic hydroxyl groups is 1. The first-order chi connectivity index (χ1) is 12.9. The highest BCUT2D eigenvalue weighted by Gasteiger charge is 2.52. The molecule has 2 fully saturated rings. The van der Waals surface area contributed by atoms with E-state index in [1.54, 1.807) is 6.92 Å². The molecule has 6 nitrogen and oxygen atoms in total. The zero-order valence-corrected chi connectivity index (χ0v) is 18.6. The highest BCUT2D eigenvalue weighted by Crippen LogP contribution is 2.45. The Kier molecular flexibility index (Phi) is 8.07. The molecule has 2 aliphatic heterocycles. The Hall–Kier alpha value is -0.110. The number of hydrogen-bond acceptors (Lipinski definition) is 6. The lowest BCUT2D eigenvalue weighted by Gasteiger charge is -2.41. The van der Waals surface area contributed by atoms with Crippen LogP contribution >= 0.6 is 22.6 Å². The fourth-order valence-electron chi connectivity index (χ4n) is 3.73. The van der Waals surface area contributed by atoms with Crippen LogP contribution in [0.3, 0.4) is 0 Å². The Morgan fingerprint density at radius 1 is 1.39 bits per heavy atom. The maximum atomic E-state index is 12.5. The zero-order chi connectivity index (χ0) is 21.2. The minimum absolute atomic E-state index is 0.0123. The number of rotatable bonds is 9. The molecule has 0 saturated carbocycles. The predicted octanol–water partition coefficient (Wildman–Crippen LogP) is 3.68. The van der Waals surface area contributed by atoms with E-state index < -0.39 is 32.9 Å². The van der Waals surface area contributed by atoms with Gasteiger partial charge < -0.3 is 18.8 Å². The summed E-state index contributed by atoms with van der Waals surface area (Å²) in [5.74, 6) is -1.08. The molecule has 0 aromatic carbocycles. The molecule has 11 heteroatoms. The van der Waals surface area contributed by atoms with Crippen LogP contribution in [-0.4, -0.2) is 54.0 Å². The fourth-order valence-corrected chi connectivity index (χ4v) is 5.25. The van der Waals surface area contributed by atoms with Crippen molar-refractivity contribution < 1.29 is 40.4 Å². The third kappa shape index (κ3) is 5.52. The van der Waals surface area contributed by atoms with Gasteiger partial charge in [0.2, 0.25) is 0 Å². The summed E-state index contributed by atoms with van der Waals surface area (Å²) in [4.78, 5) is 0. The van der Waals surface area contributed by atoms with E-state index in [4.69, 9.17) is 14.6 Å². The first-order valence-corrected chi connectivity index (χ1v) is 12.1. The maximum absolute atomic E-state index is 12.5. The van der Waals surface area contributed by atoms with E-state index in [0.717, 1.165) is 12.8 Å². The summed E-state index contributed by atoms with van der Waals surface area (Å²) >= 11 is 2.25. The van der Waals surface area contributed by atoms with Crippen LogP contribution in [0.25, 0.3) is 0 Å². The molecular weight excluding hydrogens is 516 g/mol. The molecule has 0 aliphatic carbocycles. The molecule has 28 heavy (non-hydrogen) atoms. The minimum atomic E-state index is -5.71. The SMILES string of the molecule is C=C(OS(=O)(=O)C(F)(F)F)[C@H](C)CC1CCC2OC(CCCO)CC2(CI)O1. The second-order valence-electron chi connectivity index (χ2n) is 7.42. The summed E-state index contributed by atoms with van der Waals surface area (Å²) in [5.41, 5.74) is -5.95. The molecule has 0 radical (unpaired) electrons. The van der Waals surface area contributed by atoms with Gasteiger partial charge in [0.05, 0.1) is 18.3 Å². The van der Waals surface area contributed by atoms with E-state index in [1.807, 2.05) is 0 Å². The van der Waals surface area contributed by atoms with Crippen molar-refractivity contribution in [1.82, 2.24) is 0 Å². The summed E-state index contributed by atoms with van der Waals surface area (Å²) in [5, 5.41) is 9.01. The molecule has 4 unspecified atom stereocenters. The molecule has 1 N–H and O–H groups in total. The van der Waals surface area contributed by atoms with Gasteiger partial charge in [-0.2, -0.15) is 21.6 Å². The van der Waals surface area contributed by atoms with Crippen molar-refractivity contribution in [1.29, 1.82) is 0 Å². The molecule has 2 heterocycles. The number of alkyl halides is 4. The fraction of sp³-hybridized carbons (Fsp3) is 0.882. The van der Waals surface area contributed by atoms with Gasteiger partial charge in [0, 0.05) is 23.4 Å². The van der Waals surface area contributed by atoms with Gasteiger partial charge in [-0.3, -0.25) is 0 Å². The van der Waals surface area contributed by atoms with Crippen LogP contribution in [0.1, 0.15) is 45.4 Å². The highest BCUT2D eigenvalue weighted by molar-refractivity contribution is 14.1. The number of hydrogen-bond donors (Lipinski definition) is 1. The van der Waals surface area contributed by atoms with Crippen molar-refractivity contribution in [3.8, 4) is 0 Å². The van der Waals surface area contributed by atoms with Crippen LogP contribution in [0.4, 0.5) is 13.2 Å². The molecule has 2 rings (SSSR count). The van der Waals surface area contributed by atoms with Crippen LogP contribution < -0.4 is 0 Å². The smallest absolute Gasteiger partial charge is 0.396 e. The molecule has 0 aromatic rings. The van der Waals surface area contributed by atoms with Crippen molar-refractivity contribution in [2.75, 3.05) is 11.0 Å². The standard InChI is InChI=1S/C17H26F3IO6S/c1-11(12(2)27-28(23,24)17(18,19)20)8-13-5-6-15-16(10-21,26-13)9-14(25-15)4-3-7-22/h11,13-15,22H,2-10H2,1H3/t11-,13?,14?,15?,16?/m1/s1. The van der Waals surface area contributed by atoms with E-state index >= 15 is 0 Å². The van der Waals surface area contributed by atoms with Gasteiger partial charge in [0.15, 0.2) is 0 Å². The van der Waals surface area contributed by atoms with E-state index in [1.165, 1.54) is 0 Å². The van der Waals surface area contributed by atoms with Gasteiger partial charge in [0.1, 0.15) is 11.4 Å². The molecule has 0 aromatic heterocycles. The summed E-state index contributed by atoms with van der Waals surface area (Å²) in [6.07, 6.45) is 3.52. The third-order valence-electron chi connectivity index (χ3n) is 5.25. The van der Waals surface area contributed by atoms with E-state index in [9.17, 15) is 21.6 Å². The molecule has 0 spiro atoms. The number of aliphatic hydroxyl groups excluding tert-OH is 1. The number of allylic oxidation sites excluding steroid dienone is 1. The molecule has 2 aliphatic rings. The number of halogens is 4. The Morgan fingerprint density at radius 2 is 2.07 bits per heavy atom. The molecule has 0 amide bonds. The molecule has 5 atom stereocenters. The van der Waals surface area contributed by atoms with E-state index in [2.05, 4.69) is 33.4 Å². The lowest BCUT2D eigenvalue weighted by molar-refractivity contribution is -0.156. The monoisotopic (exact) mass is 542 g/mol. The largest absolute Gasteiger partial charge is 0.534 e. The summed E-state index contributed by atoms with van der Waals surface area (Å²) in [6, 6.07) is 0. The highest BCUT2D eigenvalue weighted by atomic mass is 127. The van der Waals surface area contributed by atoms with E-state index in [-0.39, 0.29) is 24.9 Å². The Bertz CT molecular complexity index is 656. The number of ether oxygens (including phenoxy) is 2. The quantitative estimate of drug-likeness (QED) is 0.158. The van der Waals surface area contributed by atoms with Crippen LogP contribution in [0.2, 0.25) is 0 Å². The van der Waals surface area contributed by atoms with Crippen LogP contribution in [0, 0.1) is 5.92 Å². The van der Waals surface area contributed by atoms with Crippen molar-refractivity contribution >= 4 is 32.7 Å². The van der Waals surface area contributed by atoms with Crippen LogP contribution in [-0.2, 0) is 23.8 Å². The minimum Gasteiger partial charge on any atom is -0.396 e. The van der Waals surface area contributed by atoms with Crippen molar-refractivity contribution in [3.63, 3.8) is 0 Å². The normalized spacial score (nSPS) is 32.0. The summed E-state index contributed by atoms with van der Waals surface area (Å²) in [6.45, 7) is 5.03. The summed E-state index contributed by atoms with van der Waals surface area (Å²) < 4.78 is 77.0. The summed E-state index contributed by atoms with van der Waals surface area (Å²) in [7, 11) is -5.71. The lowest BCUT2D eigenvalue weighted by atomic mass is 9.86. The maximum Gasteiger partial charge on any atom is 0.534 e. The Morgan fingerprint density at radius 3 is 2.64 bits per heavy atom.